The van der Waals surface area contributed by atoms with Crippen LogP contribution in [-0.2, 0) is 4.74 Å². The molecule has 0 bridgehead atoms. The zero-order chi connectivity index (χ0) is 15.8. The second-order valence-electron chi connectivity index (χ2n) is 6.92. The minimum atomic E-state index is -0.289. The highest BCUT2D eigenvalue weighted by Crippen LogP contribution is 2.30. The van der Waals surface area contributed by atoms with Crippen LogP contribution in [0.1, 0.15) is 41.5 Å². The third-order valence-corrected chi connectivity index (χ3v) is 2.94. The first-order valence-electron chi connectivity index (χ1n) is 7.20. The number of hydrogen-bond donors (Lipinski definition) is 1. The van der Waals surface area contributed by atoms with Gasteiger partial charge >= 0.3 is 6.01 Å². The molecule has 1 fully saturated rings. The first-order valence-corrected chi connectivity index (χ1v) is 7.20. The molecule has 2 rings (SSSR count). The van der Waals surface area contributed by atoms with Gasteiger partial charge in [0.2, 0.25) is 11.9 Å². The van der Waals surface area contributed by atoms with Crippen molar-refractivity contribution in [3.05, 3.63) is 0 Å². The first kappa shape index (κ1) is 15.8. The second-order valence-corrected chi connectivity index (χ2v) is 6.92. The molecule has 1 aliphatic heterocycles. The molecule has 1 aromatic heterocycles. The SMILES string of the molecule is CC(C)Oc1nc(N)nc(N2CC(C)(C)OC(C)(C)C2)n1. The van der Waals surface area contributed by atoms with Gasteiger partial charge in [0.25, 0.3) is 0 Å². The van der Waals surface area contributed by atoms with Crippen molar-refractivity contribution in [2.75, 3.05) is 23.7 Å². The zero-order valence-corrected chi connectivity index (χ0v) is 13.7. The lowest BCUT2D eigenvalue weighted by Crippen LogP contribution is -2.57. The largest absolute Gasteiger partial charge is 0.461 e. The van der Waals surface area contributed by atoms with E-state index in [2.05, 4.69) is 47.5 Å². The van der Waals surface area contributed by atoms with E-state index in [1.807, 2.05) is 13.8 Å². The van der Waals surface area contributed by atoms with E-state index in [4.69, 9.17) is 15.2 Å². The van der Waals surface area contributed by atoms with Crippen LogP contribution in [0.4, 0.5) is 11.9 Å². The molecule has 1 saturated heterocycles. The van der Waals surface area contributed by atoms with Crippen LogP contribution < -0.4 is 15.4 Å². The van der Waals surface area contributed by atoms with Crippen molar-refractivity contribution in [1.82, 2.24) is 15.0 Å². The molecule has 0 radical (unpaired) electrons. The first-order chi connectivity index (χ1) is 9.56. The fourth-order valence-electron chi connectivity index (χ4n) is 2.70. The number of nitrogens with two attached hydrogens (primary N) is 1. The third-order valence-electron chi connectivity index (χ3n) is 2.94. The topological polar surface area (TPSA) is 86.4 Å². The molecule has 1 aliphatic rings. The summed E-state index contributed by atoms with van der Waals surface area (Å²) in [5, 5.41) is 0. The lowest BCUT2D eigenvalue weighted by molar-refractivity contribution is -0.133. The van der Waals surface area contributed by atoms with Crippen LogP contribution >= 0.6 is 0 Å². The number of nitrogen functional groups attached to an aromatic ring is 1. The van der Waals surface area contributed by atoms with Gasteiger partial charge in [0.1, 0.15) is 0 Å². The Hall–Kier alpha value is -1.63. The van der Waals surface area contributed by atoms with Crippen LogP contribution in [0.3, 0.4) is 0 Å². The Morgan fingerprint density at radius 1 is 1.10 bits per heavy atom. The van der Waals surface area contributed by atoms with Gasteiger partial charge in [-0.25, -0.2) is 0 Å². The Balaban J connectivity index is 2.30. The van der Waals surface area contributed by atoms with Crippen LogP contribution in [0.25, 0.3) is 0 Å². The normalized spacial score (nSPS) is 20.6. The highest BCUT2D eigenvalue weighted by atomic mass is 16.5. The molecule has 0 aromatic carbocycles. The van der Waals surface area contributed by atoms with E-state index >= 15 is 0 Å². The average Bonchev–Trinajstić information content (AvgIpc) is 2.22. The van der Waals surface area contributed by atoms with E-state index < -0.39 is 0 Å². The van der Waals surface area contributed by atoms with Crippen LogP contribution in [0.5, 0.6) is 6.01 Å². The fraction of sp³-hybridized carbons (Fsp3) is 0.786. The predicted molar refractivity (Wildman–Crippen MR) is 81.5 cm³/mol. The van der Waals surface area contributed by atoms with E-state index in [1.165, 1.54) is 0 Å². The highest BCUT2D eigenvalue weighted by molar-refractivity contribution is 5.38. The van der Waals surface area contributed by atoms with Crippen molar-refractivity contribution in [2.24, 2.45) is 0 Å². The number of morpholine rings is 1. The minimum absolute atomic E-state index is 0.0165. The van der Waals surface area contributed by atoms with Crippen molar-refractivity contribution < 1.29 is 9.47 Å². The summed E-state index contributed by atoms with van der Waals surface area (Å²) >= 11 is 0. The van der Waals surface area contributed by atoms with Gasteiger partial charge in [0.05, 0.1) is 17.3 Å². The van der Waals surface area contributed by atoms with E-state index in [-0.39, 0.29) is 29.3 Å². The van der Waals surface area contributed by atoms with Gasteiger partial charge in [-0.15, -0.1) is 0 Å². The molecule has 0 aliphatic carbocycles. The Morgan fingerprint density at radius 2 is 1.67 bits per heavy atom. The summed E-state index contributed by atoms with van der Waals surface area (Å²) in [6.45, 7) is 13.4. The predicted octanol–water partition coefficient (Wildman–Crippen LogP) is 1.63. The Labute approximate surface area is 125 Å². The molecular weight excluding hydrogens is 270 g/mol. The number of hydrogen-bond acceptors (Lipinski definition) is 7. The number of aromatic nitrogens is 3. The minimum Gasteiger partial charge on any atom is -0.461 e. The summed E-state index contributed by atoms with van der Waals surface area (Å²) in [6, 6.07) is 0.259. The quantitative estimate of drug-likeness (QED) is 0.907. The maximum atomic E-state index is 6.06. The van der Waals surface area contributed by atoms with Crippen molar-refractivity contribution >= 4 is 11.9 Å². The van der Waals surface area contributed by atoms with E-state index in [9.17, 15) is 0 Å². The monoisotopic (exact) mass is 295 g/mol. The molecule has 7 heteroatoms. The van der Waals surface area contributed by atoms with Gasteiger partial charge in [-0.3, -0.25) is 0 Å². The molecule has 2 N–H and O–H groups in total. The van der Waals surface area contributed by atoms with E-state index in [1.54, 1.807) is 0 Å². The molecule has 0 spiro atoms. The van der Waals surface area contributed by atoms with Crippen molar-refractivity contribution in [3.63, 3.8) is 0 Å². The number of anilines is 2. The molecule has 0 unspecified atom stereocenters. The summed E-state index contributed by atoms with van der Waals surface area (Å²) in [5.74, 6) is 0.695. The number of rotatable bonds is 3. The molecule has 118 valence electrons. The number of nitrogens with zero attached hydrogens (tertiary/aromatic N) is 4. The van der Waals surface area contributed by atoms with Gasteiger partial charge in [-0.2, -0.15) is 15.0 Å². The summed E-state index contributed by atoms with van der Waals surface area (Å²) in [5.41, 5.74) is 5.20. The molecule has 0 atom stereocenters. The van der Waals surface area contributed by atoms with E-state index in [0.717, 1.165) is 0 Å². The van der Waals surface area contributed by atoms with Crippen molar-refractivity contribution in [2.45, 2.75) is 58.8 Å². The summed E-state index contributed by atoms with van der Waals surface area (Å²) in [7, 11) is 0. The summed E-state index contributed by atoms with van der Waals surface area (Å²) in [4.78, 5) is 14.7. The zero-order valence-electron chi connectivity index (χ0n) is 13.7. The van der Waals surface area contributed by atoms with Crippen LogP contribution in [0.15, 0.2) is 0 Å². The molecule has 0 saturated carbocycles. The second kappa shape index (κ2) is 5.29. The smallest absolute Gasteiger partial charge is 0.323 e. The van der Waals surface area contributed by atoms with Gasteiger partial charge < -0.3 is 20.1 Å². The summed E-state index contributed by atoms with van der Waals surface area (Å²) < 4.78 is 11.6. The van der Waals surface area contributed by atoms with Gasteiger partial charge in [-0.05, 0) is 41.5 Å². The molecule has 7 nitrogen and oxygen atoms in total. The Morgan fingerprint density at radius 3 is 2.19 bits per heavy atom. The van der Waals surface area contributed by atoms with Crippen molar-refractivity contribution in [3.8, 4) is 6.01 Å². The van der Waals surface area contributed by atoms with Crippen LogP contribution in [0, 0.1) is 0 Å². The molecular formula is C14H25N5O2. The molecule has 0 amide bonds. The molecule has 21 heavy (non-hydrogen) atoms. The van der Waals surface area contributed by atoms with E-state index in [0.29, 0.717) is 19.0 Å². The average molecular weight is 295 g/mol. The molecule has 2 heterocycles. The highest BCUT2D eigenvalue weighted by Gasteiger charge is 2.39. The third kappa shape index (κ3) is 4.17. The van der Waals surface area contributed by atoms with Gasteiger partial charge in [-0.1, -0.05) is 0 Å². The molecule has 1 aromatic rings. The van der Waals surface area contributed by atoms with Crippen LogP contribution in [-0.4, -0.2) is 45.3 Å². The Kier molecular flexibility index (Phi) is 3.97. The lowest BCUT2D eigenvalue weighted by Gasteiger charge is -2.47. The van der Waals surface area contributed by atoms with Crippen LogP contribution in [0.2, 0.25) is 0 Å². The van der Waals surface area contributed by atoms with Gasteiger partial charge in [0.15, 0.2) is 0 Å². The lowest BCUT2D eigenvalue weighted by atomic mass is 9.99. The van der Waals surface area contributed by atoms with Gasteiger partial charge in [0, 0.05) is 13.1 Å². The maximum Gasteiger partial charge on any atom is 0.323 e. The number of ether oxygens (including phenoxy) is 2. The Bertz CT molecular complexity index is 500. The maximum absolute atomic E-state index is 6.06. The summed E-state index contributed by atoms with van der Waals surface area (Å²) in [6.07, 6.45) is -0.0165. The van der Waals surface area contributed by atoms with Crippen molar-refractivity contribution in [1.29, 1.82) is 0 Å². The standard InChI is InChI=1S/C14H25N5O2/c1-9(2)20-12-17-10(15)16-11(18-12)19-7-13(3,4)21-14(5,6)8-19/h9H,7-8H2,1-6H3,(H2,15,16,17,18). The fourth-order valence-corrected chi connectivity index (χ4v) is 2.70.